The number of halogens is 2. The number of nitrogens with zero attached hydrogens (tertiary/aromatic N) is 1. The summed E-state index contributed by atoms with van der Waals surface area (Å²) in [6.07, 6.45) is 0.431. The normalized spacial score (nSPS) is 15.6. The molecular formula is C27H30ClFN2O5S. The van der Waals surface area contributed by atoms with Crippen LogP contribution in [0.15, 0.2) is 36.4 Å². The number of methoxy groups -OCH3 is 1. The van der Waals surface area contributed by atoms with Gasteiger partial charge in [0.1, 0.15) is 6.10 Å². The lowest BCUT2D eigenvalue weighted by Crippen LogP contribution is -2.48. The molecule has 0 saturated carbocycles. The van der Waals surface area contributed by atoms with Crippen LogP contribution in [0.4, 0.5) is 4.39 Å². The van der Waals surface area contributed by atoms with Gasteiger partial charge in [-0.2, -0.15) is 0 Å². The van der Waals surface area contributed by atoms with E-state index in [1.54, 1.807) is 38.1 Å². The lowest BCUT2D eigenvalue weighted by Gasteiger charge is -2.29. The predicted octanol–water partition coefficient (Wildman–Crippen LogP) is 4.99. The van der Waals surface area contributed by atoms with E-state index in [9.17, 15) is 19.1 Å². The minimum Gasteiger partial charge on any atom is -0.493 e. The topological polar surface area (TPSA) is 88.1 Å². The SMILES string of the molecule is COc1cc(C(O)C(CN2CCCC2)NC(=O)C(=O)c2cc3ccc(Cl)cc3s2)cc(F)c1OC(C)C. The molecular weight excluding hydrogens is 519 g/mol. The van der Waals surface area contributed by atoms with Gasteiger partial charge in [-0.15, -0.1) is 11.3 Å². The molecule has 37 heavy (non-hydrogen) atoms. The van der Waals surface area contributed by atoms with Crippen molar-refractivity contribution < 1.29 is 28.6 Å². The molecule has 1 aromatic heterocycles. The second-order valence-electron chi connectivity index (χ2n) is 9.36. The van der Waals surface area contributed by atoms with Crippen LogP contribution >= 0.6 is 22.9 Å². The summed E-state index contributed by atoms with van der Waals surface area (Å²) in [5, 5.41) is 15.3. The van der Waals surface area contributed by atoms with E-state index in [1.165, 1.54) is 30.6 Å². The molecule has 2 atom stereocenters. The smallest absolute Gasteiger partial charge is 0.293 e. The van der Waals surface area contributed by atoms with Crippen LogP contribution in [-0.2, 0) is 4.79 Å². The number of carbonyl (C=O) groups excluding carboxylic acids is 2. The Kier molecular flexibility index (Phi) is 8.69. The van der Waals surface area contributed by atoms with E-state index in [2.05, 4.69) is 10.2 Å². The number of benzene rings is 2. The highest BCUT2D eigenvalue weighted by Gasteiger charge is 2.31. The van der Waals surface area contributed by atoms with Crippen LogP contribution < -0.4 is 14.8 Å². The molecule has 2 heterocycles. The summed E-state index contributed by atoms with van der Waals surface area (Å²) in [5.74, 6) is -2.15. The molecule has 4 rings (SSSR count). The molecule has 1 aliphatic rings. The van der Waals surface area contributed by atoms with Crippen molar-refractivity contribution in [3.05, 3.63) is 57.7 Å². The Hall–Kier alpha value is -2.72. The fourth-order valence-electron chi connectivity index (χ4n) is 4.42. The molecule has 1 fully saturated rings. The quantitative estimate of drug-likeness (QED) is 0.274. The van der Waals surface area contributed by atoms with Crippen molar-refractivity contribution in [2.75, 3.05) is 26.7 Å². The maximum absolute atomic E-state index is 15.0. The number of hydrogen-bond acceptors (Lipinski definition) is 7. The van der Waals surface area contributed by atoms with Gasteiger partial charge in [-0.25, -0.2) is 4.39 Å². The highest BCUT2D eigenvalue weighted by molar-refractivity contribution is 7.21. The highest BCUT2D eigenvalue weighted by Crippen LogP contribution is 2.35. The molecule has 1 saturated heterocycles. The number of aliphatic hydroxyl groups excluding tert-OH is 1. The van der Waals surface area contributed by atoms with Gasteiger partial charge in [0.05, 0.1) is 24.1 Å². The van der Waals surface area contributed by atoms with Gasteiger partial charge in [-0.1, -0.05) is 17.7 Å². The van der Waals surface area contributed by atoms with E-state index in [0.29, 0.717) is 11.6 Å². The molecule has 7 nitrogen and oxygen atoms in total. The first-order valence-corrected chi connectivity index (χ1v) is 13.3. The van der Waals surface area contributed by atoms with Crippen LogP contribution in [0.1, 0.15) is 48.0 Å². The zero-order chi connectivity index (χ0) is 26.7. The Morgan fingerprint density at radius 3 is 2.59 bits per heavy atom. The molecule has 0 bridgehead atoms. The molecule has 1 aliphatic heterocycles. The van der Waals surface area contributed by atoms with E-state index in [0.717, 1.165) is 36.0 Å². The number of rotatable bonds is 10. The number of amides is 1. The van der Waals surface area contributed by atoms with E-state index in [4.69, 9.17) is 21.1 Å². The molecule has 2 aromatic carbocycles. The van der Waals surface area contributed by atoms with Gasteiger partial charge in [0, 0.05) is 16.3 Å². The Bertz CT molecular complexity index is 1290. The summed E-state index contributed by atoms with van der Waals surface area (Å²) in [6.45, 7) is 5.46. The molecule has 1 amide bonds. The van der Waals surface area contributed by atoms with Crippen LogP contribution in [0.5, 0.6) is 11.5 Å². The first-order chi connectivity index (χ1) is 17.7. The van der Waals surface area contributed by atoms with Crippen molar-refractivity contribution >= 4 is 44.7 Å². The maximum Gasteiger partial charge on any atom is 0.293 e. The standard InChI is InChI=1S/C27H30ClFN2O5S/c1-15(2)36-26-19(29)10-17(11-21(26)35-3)24(32)20(14-31-8-4-5-9-31)30-27(34)25(33)23-12-16-6-7-18(28)13-22(16)37-23/h6-7,10-13,15,20,24,32H,4-5,8-9,14H2,1-3H3,(H,30,34). The number of likely N-dealkylation sites (tertiary alicyclic amines) is 1. The van der Waals surface area contributed by atoms with Crippen LogP contribution in [0, 0.1) is 5.82 Å². The second kappa shape index (κ2) is 11.8. The Morgan fingerprint density at radius 2 is 1.92 bits per heavy atom. The summed E-state index contributed by atoms with van der Waals surface area (Å²) in [5.41, 5.74) is 0.207. The van der Waals surface area contributed by atoms with Crippen molar-refractivity contribution in [2.45, 2.75) is 44.9 Å². The summed E-state index contributed by atoms with van der Waals surface area (Å²) < 4.78 is 26.6. The minimum absolute atomic E-state index is 0.0476. The first-order valence-electron chi connectivity index (χ1n) is 12.1. The fraction of sp³-hybridized carbons (Fsp3) is 0.407. The maximum atomic E-state index is 15.0. The van der Waals surface area contributed by atoms with Crippen LogP contribution in [0.25, 0.3) is 10.1 Å². The van der Waals surface area contributed by atoms with Gasteiger partial charge in [0.2, 0.25) is 0 Å². The molecule has 0 spiro atoms. The number of ketones is 1. The average molecular weight is 549 g/mol. The van der Waals surface area contributed by atoms with Crippen molar-refractivity contribution in [1.82, 2.24) is 10.2 Å². The van der Waals surface area contributed by atoms with Crippen LogP contribution in [0.3, 0.4) is 0 Å². The van der Waals surface area contributed by atoms with E-state index >= 15 is 0 Å². The molecule has 198 valence electrons. The monoisotopic (exact) mass is 548 g/mol. The summed E-state index contributed by atoms with van der Waals surface area (Å²) in [6, 6.07) is 8.70. The Labute approximate surface area is 224 Å². The number of fused-ring (bicyclic) bond motifs is 1. The van der Waals surface area contributed by atoms with Crippen molar-refractivity contribution in [3.63, 3.8) is 0 Å². The Balaban J connectivity index is 1.59. The third kappa shape index (κ3) is 6.41. The van der Waals surface area contributed by atoms with Crippen LogP contribution in [0.2, 0.25) is 5.02 Å². The van der Waals surface area contributed by atoms with E-state index < -0.39 is 29.7 Å². The zero-order valence-electron chi connectivity index (χ0n) is 20.9. The number of aliphatic hydroxyl groups is 1. The first kappa shape index (κ1) is 27.3. The summed E-state index contributed by atoms with van der Waals surface area (Å²) in [4.78, 5) is 28.4. The summed E-state index contributed by atoms with van der Waals surface area (Å²) >= 11 is 7.22. The number of ether oxygens (including phenoxy) is 2. The van der Waals surface area contributed by atoms with Gasteiger partial charge < -0.3 is 24.8 Å². The third-order valence-electron chi connectivity index (χ3n) is 6.21. The predicted molar refractivity (Wildman–Crippen MR) is 142 cm³/mol. The van der Waals surface area contributed by atoms with Gasteiger partial charge in [-0.3, -0.25) is 9.59 Å². The zero-order valence-corrected chi connectivity index (χ0v) is 22.5. The molecule has 0 aliphatic carbocycles. The Morgan fingerprint density at radius 1 is 1.19 bits per heavy atom. The number of nitrogens with one attached hydrogen (secondary N) is 1. The third-order valence-corrected chi connectivity index (χ3v) is 7.54. The number of carbonyl (C=O) groups is 2. The number of Topliss-reactive ketones (excluding diaryl/α,β-unsaturated/α-hetero) is 1. The molecule has 3 aromatic rings. The van der Waals surface area contributed by atoms with Crippen LogP contribution in [-0.4, -0.2) is 60.6 Å². The van der Waals surface area contributed by atoms with E-state index in [-0.39, 0.29) is 28.0 Å². The summed E-state index contributed by atoms with van der Waals surface area (Å²) in [7, 11) is 1.39. The molecule has 10 heteroatoms. The fourth-order valence-corrected chi connectivity index (χ4v) is 5.70. The van der Waals surface area contributed by atoms with Gasteiger partial charge in [-0.05, 0) is 81.1 Å². The largest absolute Gasteiger partial charge is 0.493 e. The van der Waals surface area contributed by atoms with Crippen molar-refractivity contribution in [1.29, 1.82) is 0 Å². The molecule has 2 N–H and O–H groups in total. The number of hydrogen-bond donors (Lipinski definition) is 2. The van der Waals surface area contributed by atoms with Crippen molar-refractivity contribution in [2.24, 2.45) is 0 Å². The number of thiophene rings is 1. The second-order valence-corrected chi connectivity index (χ2v) is 10.9. The molecule has 2 unspecified atom stereocenters. The van der Waals surface area contributed by atoms with Crippen molar-refractivity contribution in [3.8, 4) is 11.5 Å². The minimum atomic E-state index is -1.30. The van der Waals surface area contributed by atoms with Gasteiger partial charge in [0.15, 0.2) is 17.3 Å². The average Bonchev–Trinajstić information content (AvgIpc) is 3.53. The lowest BCUT2D eigenvalue weighted by atomic mass is 10.00. The molecule has 0 radical (unpaired) electrons. The van der Waals surface area contributed by atoms with Gasteiger partial charge >= 0.3 is 0 Å². The van der Waals surface area contributed by atoms with Gasteiger partial charge in [0.25, 0.3) is 11.7 Å². The highest BCUT2D eigenvalue weighted by atomic mass is 35.5. The van der Waals surface area contributed by atoms with E-state index in [1.807, 2.05) is 0 Å². The lowest BCUT2D eigenvalue weighted by molar-refractivity contribution is -0.118.